The van der Waals surface area contributed by atoms with E-state index < -0.39 is 0 Å². The van der Waals surface area contributed by atoms with E-state index in [9.17, 15) is 0 Å². The van der Waals surface area contributed by atoms with Gasteiger partial charge in [0.1, 0.15) is 11.6 Å². The van der Waals surface area contributed by atoms with Gasteiger partial charge >= 0.3 is 0 Å². The van der Waals surface area contributed by atoms with Crippen LogP contribution < -0.4 is 5.73 Å². The molecule has 0 spiro atoms. The molecule has 3 heteroatoms. The van der Waals surface area contributed by atoms with E-state index in [0.717, 1.165) is 17.3 Å². The van der Waals surface area contributed by atoms with Gasteiger partial charge in [-0.15, -0.1) is 0 Å². The van der Waals surface area contributed by atoms with Crippen molar-refractivity contribution >= 4 is 5.82 Å². The first kappa shape index (κ1) is 11.5. The van der Waals surface area contributed by atoms with Crippen LogP contribution in [0.25, 0.3) is 0 Å². The van der Waals surface area contributed by atoms with Crippen LogP contribution >= 0.6 is 0 Å². The normalized spacial score (nSPS) is 18.2. The second-order valence-electron chi connectivity index (χ2n) is 5.92. The Labute approximate surface area is 98.1 Å². The Morgan fingerprint density at radius 1 is 1.25 bits per heavy atom. The van der Waals surface area contributed by atoms with Crippen LogP contribution in [0.1, 0.15) is 63.9 Å². The van der Waals surface area contributed by atoms with E-state index >= 15 is 0 Å². The van der Waals surface area contributed by atoms with Gasteiger partial charge in [-0.05, 0) is 40.5 Å². The molecular formula is C13H23N3. The molecule has 1 aliphatic carbocycles. The molecule has 3 nitrogen and oxygen atoms in total. The quantitative estimate of drug-likeness (QED) is 0.791. The van der Waals surface area contributed by atoms with E-state index in [0.29, 0.717) is 5.92 Å². The molecule has 2 N–H and O–H groups in total. The minimum absolute atomic E-state index is 0.0258. The molecule has 16 heavy (non-hydrogen) atoms. The highest BCUT2D eigenvalue weighted by atomic mass is 15.2. The van der Waals surface area contributed by atoms with Gasteiger partial charge in [-0.3, -0.25) is 0 Å². The Balaban J connectivity index is 2.42. The van der Waals surface area contributed by atoms with Crippen molar-refractivity contribution in [3.05, 3.63) is 11.5 Å². The summed E-state index contributed by atoms with van der Waals surface area (Å²) in [4.78, 5) is 4.70. The molecular weight excluding hydrogens is 198 g/mol. The summed E-state index contributed by atoms with van der Waals surface area (Å²) in [7, 11) is 0. The van der Waals surface area contributed by atoms with E-state index in [1.807, 2.05) is 0 Å². The number of nitrogens with zero attached hydrogens (tertiary/aromatic N) is 2. The molecule has 1 aliphatic rings. The fourth-order valence-corrected chi connectivity index (χ4v) is 2.92. The van der Waals surface area contributed by atoms with Gasteiger partial charge in [-0.2, -0.15) is 0 Å². The van der Waals surface area contributed by atoms with Gasteiger partial charge in [-0.1, -0.05) is 12.8 Å². The number of anilines is 1. The lowest BCUT2D eigenvalue weighted by atomic mass is 10.0. The Morgan fingerprint density at radius 2 is 1.81 bits per heavy atom. The zero-order valence-corrected chi connectivity index (χ0v) is 10.9. The summed E-state index contributed by atoms with van der Waals surface area (Å²) in [6, 6.07) is 0. The van der Waals surface area contributed by atoms with Crippen molar-refractivity contribution in [1.82, 2.24) is 9.55 Å². The molecule has 1 fully saturated rings. The van der Waals surface area contributed by atoms with E-state index in [1.165, 1.54) is 25.7 Å². The molecule has 0 bridgehead atoms. The average molecular weight is 221 g/mol. The Kier molecular flexibility index (Phi) is 2.72. The van der Waals surface area contributed by atoms with Crippen LogP contribution in [0.15, 0.2) is 0 Å². The summed E-state index contributed by atoms with van der Waals surface area (Å²) in [5, 5.41) is 0. The van der Waals surface area contributed by atoms with Gasteiger partial charge in [0.25, 0.3) is 0 Å². The first-order valence-corrected chi connectivity index (χ1v) is 6.26. The van der Waals surface area contributed by atoms with Gasteiger partial charge in [0.15, 0.2) is 0 Å². The van der Waals surface area contributed by atoms with Crippen LogP contribution in [-0.2, 0) is 5.54 Å². The lowest BCUT2D eigenvalue weighted by molar-refractivity contribution is 0.393. The first-order chi connectivity index (χ1) is 7.41. The molecule has 0 unspecified atom stereocenters. The van der Waals surface area contributed by atoms with E-state index in [2.05, 4.69) is 32.3 Å². The number of hydrogen-bond acceptors (Lipinski definition) is 2. The maximum Gasteiger partial charge on any atom is 0.127 e. The van der Waals surface area contributed by atoms with Crippen LogP contribution in [0, 0.1) is 6.92 Å². The minimum Gasteiger partial charge on any atom is -0.384 e. The van der Waals surface area contributed by atoms with Gasteiger partial charge in [0.05, 0.1) is 5.69 Å². The van der Waals surface area contributed by atoms with Gasteiger partial charge in [0.2, 0.25) is 0 Å². The maximum atomic E-state index is 6.27. The summed E-state index contributed by atoms with van der Waals surface area (Å²) >= 11 is 0. The van der Waals surface area contributed by atoms with Crippen molar-refractivity contribution in [2.24, 2.45) is 0 Å². The standard InChI is InChI=1S/C13H23N3/c1-9-15-11(10-7-5-6-8-10)12(14)16(9)13(2,3)4/h10H,5-8,14H2,1-4H3. The maximum absolute atomic E-state index is 6.27. The van der Waals surface area contributed by atoms with Crippen LogP contribution in [0.2, 0.25) is 0 Å². The molecule has 1 saturated carbocycles. The zero-order valence-electron chi connectivity index (χ0n) is 10.9. The molecule has 0 aromatic carbocycles. The van der Waals surface area contributed by atoms with Crippen molar-refractivity contribution in [1.29, 1.82) is 0 Å². The molecule has 1 heterocycles. The SMILES string of the molecule is Cc1nc(C2CCCC2)c(N)n1C(C)(C)C. The van der Waals surface area contributed by atoms with Crippen molar-refractivity contribution in [3.63, 3.8) is 0 Å². The zero-order chi connectivity index (χ0) is 11.9. The summed E-state index contributed by atoms with van der Waals surface area (Å²) in [6.07, 6.45) is 5.16. The second kappa shape index (κ2) is 3.79. The Morgan fingerprint density at radius 3 is 2.25 bits per heavy atom. The number of aryl methyl sites for hydroxylation is 1. The van der Waals surface area contributed by atoms with Gasteiger partial charge in [0, 0.05) is 11.5 Å². The third kappa shape index (κ3) is 1.83. The highest BCUT2D eigenvalue weighted by Gasteiger charge is 2.27. The van der Waals surface area contributed by atoms with Gasteiger partial charge < -0.3 is 10.3 Å². The molecule has 0 saturated heterocycles. The molecule has 1 aromatic rings. The van der Waals surface area contributed by atoms with Crippen molar-refractivity contribution in [2.45, 2.75) is 64.8 Å². The molecule has 0 atom stereocenters. The molecule has 90 valence electrons. The molecule has 0 amide bonds. The largest absolute Gasteiger partial charge is 0.384 e. The number of imidazole rings is 1. The topological polar surface area (TPSA) is 43.8 Å². The fraction of sp³-hybridized carbons (Fsp3) is 0.769. The predicted octanol–water partition coefficient (Wildman–Crippen LogP) is 3.19. The fourth-order valence-electron chi connectivity index (χ4n) is 2.92. The first-order valence-electron chi connectivity index (χ1n) is 6.26. The van der Waals surface area contributed by atoms with Crippen molar-refractivity contribution in [3.8, 4) is 0 Å². The van der Waals surface area contributed by atoms with Gasteiger partial charge in [-0.25, -0.2) is 4.98 Å². The average Bonchev–Trinajstić information content (AvgIpc) is 2.71. The number of nitrogen functional groups attached to an aromatic ring is 1. The molecule has 0 radical (unpaired) electrons. The Hall–Kier alpha value is -0.990. The lowest BCUT2D eigenvalue weighted by Crippen LogP contribution is -2.24. The van der Waals surface area contributed by atoms with E-state index in [4.69, 9.17) is 10.7 Å². The van der Waals surface area contributed by atoms with Crippen LogP contribution in [0.4, 0.5) is 5.82 Å². The third-order valence-electron chi connectivity index (χ3n) is 3.52. The minimum atomic E-state index is 0.0258. The number of hydrogen-bond donors (Lipinski definition) is 1. The second-order valence-corrected chi connectivity index (χ2v) is 5.92. The van der Waals surface area contributed by atoms with E-state index in [-0.39, 0.29) is 5.54 Å². The summed E-state index contributed by atoms with van der Waals surface area (Å²) in [5.41, 5.74) is 7.44. The molecule has 2 rings (SSSR count). The van der Waals surface area contributed by atoms with Crippen LogP contribution in [0.5, 0.6) is 0 Å². The van der Waals surface area contributed by atoms with Crippen molar-refractivity contribution in [2.75, 3.05) is 5.73 Å². The third-order valence-corrected chi connectivity index (χ3v) is 3.52. The smallest absolute Gasteiger partial charge is 0.127 e. The number of nitrogens with two attached hydrogens (primary N) is 1. The summed E-state index contributed by atoms with van der Waals surface area (Å²) in [6.45, 7) is 8.59. The predicted molar refractivity (Wildman–Crippen MR) is 67.6 cm³/mol. The molecule has 0 aliphatic heterocycles. The van der Waals surface area contributed by atoms with Crippen LogP contribution in [0.3, 0.4) is 0 Å². The van der Waals surface area contributed by atoms with Crippen molar-refractivity contribution < 1.29 is 0 Å². The highest BCUT2D eigenvalue weighted by Crippen LogP contribution is 2.38. The Bertz CT molecular complexity index is 379. The van der Waals surface area contributed by atoms with Crippen LogP contribution in [-0.4, -0.2) is 9.55 Å². The molecule has 1 aromatic heterocycles. The number of aromatic nitrogens is 2. The number of rotatable bonds is 1. The van der Waals surface area contributed by atoms with E-state index in [1.54, 1.807) is 0 Å². The summed E-state index contributed by atoms with van der Waals surface area (Å²) in [5.74, 6) is 2.53. The highest BCUT2D eigenvalue weighted by molar-refractivity contribution is 5.42. The lowest BCUT2D eigenvalue weighted by Gasteiger charge is -2.24. The monoisotopic (exact) mass is 221 g/mol. The summed E-state index contributed by atoms with van der Waals surface area (Å²) < 4.78 is 2.17.